The summed E-state index contributed by atoms with van der Waals surface area (Å²) in [6.45, 7) is 4.01. The summed E-state index contributed by atoms with van der Waals surface area (Å²) in [5.74, 6) is 0.504. The molecule has 8 nitrogen and oxygen atoms in total. The van der Waals surface area contributed by atoms with E-state index in [9.17, 15) is 4.79 Å². The van der Waals surface area contributed by atoms with Crippen LogP contribution >= 0.6 is 11.3 Å². The molecule has 0 atom stereocenters. The van der Waals surface area contributed by atoms with Gasteiger partial charge in [0.1, 0.15) is 5.75 Å². The van der Waals surface area contributed by atoms with Crippen molar-refractivity contribution >= 4 is 34.8 Å². The highest BCUT2D eigenvalue weighted by Gasteiger charge is 2.18. The minimum Gasteiger partial charge on any atom is -0.482 e. The first kappa shape index (κ1) is 25.1. The fourth-order valence-corrected chi connectivity index (χ4v) is 5.47. The number of ether oxygens (including phenoxy) is 2. The van der Waals surface area contributed by atoms with E-state index in [2.05, 4.69) is 46.6 Å². The largest absolute Gasteiger partial charge is 0.482 e. The van der Waals surface area contributed by atoms with Gasteiger partial charge in [-0.1, -0.05) is 42.5 Å². The minimum absolute atomic E-state index is 0.0316. The predicted octanol–water partition coefficient (Wildman–Crippen LogP) is 4.41. The highest BCUT2D eigenvalue weighted by atomic mass is 32.1. The molecule has 198 valence electrons. The lowest BCUT2D eigenvalue weighted by Gasteiger charge is -2.28. The molecule has 6 rings (SSSR count). The number of thiazole rings is 1. The highest BCUT2D eigenvalue weighted by molar-refractivity contribution is 7.07. The Kier molecular flexibility index (Phi) is 7.51. The van der Waals surface area contributed by atoms with Crippen molar-refractivity contribution in [1.29, 1.82) is 0 Å². The summed E-state index contributed by atoms with van der Waals surface area (Å²) in [5, 5.41) is 9.81. The summed E-state index contributed by atoms with van der Waals surface area (Å²) >= 11 is 1.55. The van der Waals surface area contributed by atoms with Gasteiger partial charge < -0.3 is 19.7 Å². The van der Waals surface area contributed by atoms with Gasteiger partial charge in [-0.2, -0.15) is 5.10 Å². The molecule has 4 aromatic rings. The zero-order chi connectivity index (χ0) is 26.4. The van der Waals surface area contributed by atoms with Crippen molar-refractivity contribution in [3.05, 3.63) is 94.1 Å². The lowest BCUT2D eigenvalue weighted by Crippen LogP contribution is -2.36. The molecule has 3 heterocycles. The molecule has 1 amide bonds. The molecule has 2 aliphatic heterocycles. The summed E-state index contributed by atoms with van der Waals surface area (Å²) < 4.78 is 12.9. The molecule has 1 N–H and O–H groups in total. The zero-order valence-electron chi connectivity index (χ0n) is 21.5. The first-order chi connectivity index (χ1) is 19.2. The van der Waals surface area contributed by atoms with Crippen LogP contribution in [0.3, 0.4) is 0 Å². The molecule has 39 heavy (non-hydrogen) atoms. The maximum Gasteiger partial charge on any atom is 0.262 e. The Bertz CT molecular complexity index is 1540. The number of aromatic nitrogens is 1. The van der Waals surface area contributed by atoms with Crippen molar-refractivity contribution in [1.82, 2.24) is 4.68 Å². The van der Waals surface area contributed by atoms with Gasteiger partial charge in [0.25, 0.3) is 5.91 Å². The normalized spacial score (nSPS) is 15.7. The molecule has 3 aromatic carbocycles. The number of rotatable bonds is 7. The standard InChI is InChI=1S/C30H29N5O3S/c36-29-20-38-28-11-8-24(18-26(28)33-29)27-21-39-30(31-13-12-22-4-2-1-3-5-22)35(27)32-19-23-6-9-25(10-7-23)34-14-16-37-17-15-34/h1-11,18-19,21H,12-17,20H2,(H,33,36). The van der Waals surface area contributed by atoms with Crippen molar-refractivity contribution in [3.8, 4) is 17.0 Å². The molecule has 0 radical (unpaired) electrons. The van der Waals surface area contributed by atoms with Crippen LogP contribution < -0.4 is 19.8 Å². The van der Waals surface area contributed by atoms with Crippen LogP contribution in [0.15, 0.2) is 88.3 Å². The van der Waals surface area contributed by atoms with Crippen LogP contribution in [0.2, 0.25) is 0 Å². The topological polar surface area (TPSA) is 80.5 Å². The number of carbonyl (C=O) groups is 1. The summed E-state index contributed by atoms with van der Waals surface area (Å²) in [5.41, 5.74) is 5.90. The number of amides is 1. The average Bonchev–Trinajstić information content (AvgIpc) is 3.39. The van der Waals surface area contributed by atoms with E-state index in [1.54, 1.807) is 11.3 Å². The number of morpholine rings is 1. The molecular formula is C30H29N5O3S. The van der Waals surface area contributed by atoms with Gasteiger partial charge in [-0.3, -0.25) is 9.79 Å². The predicted molar refractivity (Wildman–Crippen MR) is 155 cm³/mol. The lowest BCUT2D eigenvalue weighted by atomic mass is 10.1. The van der Waals surface area contributed by atoms with Gasteiger partial charge in [0.05, 0.1) is 30.8 Å². The molecule has 1 aromatic heterocycles. The third-order valence-electron chi connectivity index (χ3n) is 6.68. The molecule has 0 aliphatic carbocycles. The second-order valence-electron chi connectivity index (χ2n) is 9.32. The third kappa shape index (κ3) is 5.94. The maximum absolute atomic E-state index is 11.9. The molecular weight excluding hydrogens is 510 g/mol. The molecule has 0 spiro atoms. The van der Waals surface area contributed by atoms with E-state index in [1.165, 1.54) is 11.3 Å². The maximum atomic E-state index is 11.9. The fraction of sp³-hybridized carbons (Fsp3) is 0.233. The molecule has 0 unspecified atom stereocenters. The Balaban J connectivity index is 1.30. The van der Waals surface area contributed by atoms with Crippen LogP contribution in [0.4, 0.5) is 11.4 Å². The minimum atomic E-state index is -0.159. The number of hydrogen-bond donors (Lipinski definition) is 1. The van der Waals surface area contributed by atoms with Crippen molar-refractivity contribution in [3.63, 3.8) is 0 Å². The quantitative estimate of drug-likeness (QED) is 0.353. The van der Waals surface area contributed by atoms with E-state index >= 15 is 0 Å². The van der Waals surface area contributed by atoms with Crippen molar-refractivity contribution < 1.29 is 14.3 Å². The summed E-state index contributed by atoms with van der Waals surface area (Å²) in [6.07, 6.45) is 2.71. The van der Waals surface area contributed by atoms with E-state index in [0.717, 1.165) is 54.3 Å². The molecule has 0 bridgehead atoms. The van der Waals surface area contributed by atoms with Crippen LogP contribution in [0, 0.1) is 0 Å². The van der Waals surface area contributed by atoms with Crippen molar-refractivity contribution in [2.24, 2.45) is 10.1 Å². The molecule has 9 heteroatoms. The van der Waals surface area contributed by atoms with Crippen LogP contribution in [0.25, 0.3) is 11.3 Å². The van der Waals surface area contributed by atoms with Crippen LogP contribution in [0.1, 0.15) is 11.1 Å². The number of fused-ring (bicyclic) bond motifs is 1. The van der Waals surface area contributed by atoms with Gasteiger partial charge in [-0.15, -0.1) is 11.3 Å². The van der Waals surface area contributed by atoms with Gasteiger partial charge in [0.2, 0.25) is 4.80 Å². The van der Waals surface area contributed by atoms with Crippen LogP contribution in [-0.2, 0) is 16.0 Å². The smallest absolute Gasteiger partial charge is 0.262 e. The van der Waals surface area contributed by atoms with E-state index in [0.29, 0.717) is 18.0 Å². The Morgan fingerprint density at radius 1 is 1.00 bits per heavy atom. The molecule has 0 saturated carbocycles. The third-order valence-corrected chi connectivity index (χ3v) is 7.53. The van der Waals surface area contributed by atoms with Crippen molar-refractivity contribution in [2.75, 3.05) is 49.7 Å². The monoisotopic (exact) mass is 539 g/mol. The lowest BCUT2D eigenvalue weighted by molar-refractivity contribution is -0.118. The average molecular weight is 540 g/mol. The first-order valence-electron chi connectivity index (χ1n) is 13.0. The number of anilines is 2. The van der Waals surface area contributed by atoms with Gasteiger partial charge in [-0.05, 0) is 47.9 Å². The number of carbonyl (C=O) groups excluding carboxylic acids is 1. The zero-order valence-corrected chi connectivity index (χ0v) is 22.3. The Labute approximate surface area is 230 Å². The SMILES string of the molecule is O=C1COc2ccc(-c3csc(=NCCc4ccccc4)n3N=Cc3ccc(N4CCOCC4)cc3)cc2N1. The fourth-order valence-electron chi connectivity index (χ4n) is 4.60. The number of benzene rings is 3. The summed E-state index contributed by atoms with van der Waals surface area (Å²) in [7, 11) is 0. The Morgan fingerprint density at radius 3 is 2.64 bits per heavy atom. The van der Waals surface area contributed by atoms with Crippen LogP contribution in [-0.4, -0.2) is 56.3 Å². The molecule has 1 saturated heterocycles. The van der Waals surface area contributed by atoms with E-state index in [4.69, 9.17) is 19.6 Å². The van der Waals surface area contributed by atoms with Crippen LogP contribution in [0.5, 0.6) is 5.75 Å². The summed E-state index contributed by atoms with van der Waals surface area (Å²) in [6, 6.07) is 24.6. The molecule has 2 aliphatic rings. The van der Waals surface area contributed by atoms with Gasteiger partial charge in [0, 0.05) is 36.3 Å². The van der Waals surface area contributed by atoms with E-state index in [1.807, 2.05) is 52.7 Å². The van der Waals surface area contributed by atoms with Crippen molar-refractivity contribution in [2.45, 2.75) is 6.42 Å². The van der Waals surface area contributed by atoms with Gasteiger partial charge in [0.15, 0.2) is 6.61 Å². The molecule has 1 fully saturated rings. The Hall–Kier alpha value is -4.21. The second-order valence-corrected chi connectivity index (χ2v) is 10.2. The Morgan fingerprint density at radius 2 is 1.82 bits per heavy atom. The number of hydrogen-bond acceptors (Lipinski definition) is 7. The number of nitrogens with one attached hydrogen (secondary N) is 1. The first-order valence-corrected chi connectivity index (χ1v) is 13.9. The second kappa shape index (κ2) is 11.7. The number of nitrogens with zero attached hydrogens (tertiary/aromatic N) is 4. The van der Waals surface area contributed by atoms with Gasteiger partial charge in [-0.25, -0.2) is 4.68 Å². The highest BCUT2D eigenvalue weighted by Crippen LogP contribution is 2.33. The summed E-state index contributed by atoms with van der Waals surface area (Å²) in [4.78, 5) is 19.9. The van der Waals surface area contributed by atoms with E-state index < -0.39 is 0 Å². The van der Waals surface area contributed by atoms with E-state index in [-0.39, 0.29) is 12.5 Å². The van der Waals surface area contributed by atoms with Gasteiger partial charge >= 0.3 is 0 Å².